The molecule has 4 rings (SSSR count). The Hall–Kier alpha value is -3.82. The van der Waals surface area contributed by atoms with Gasteiger partial charge in [0.1, 0.15) is 18.1 Å². The van der Waals surface area contributed by atoms with E-state index in [-0.39, 0.29) is 11.3 Å². The highest BCUT2D eigenvalue weighted by molar-refractivity contribution is 6.46. The molecule has 0 aliphatic carbocycles. The summed E-state index contributed by atoms with van der Waals surface area (Å²) in [5, 5.41) is 11.5. The number of ether oxygens (including phenoxy) is 4. The van der Waals surface area contributed by atoms with Gasteiger partial charge in [0.2, 0.25) is 0 Å². The van der Waals surface area contributed by atoms with Crippen molar-refractivity contribution in [1.82, 2.24) is 9.80 Å². The molecule has 0 aromatic heterocycles. The number of carbonyl (C=O) groups is 2. The number of nitrogens with zero attached hydrogens (tertiary/aromatic N) is 2. The van der Waals surface area contributed by atoms with Crippen LogP contribution in [0, 0.1) is 6.92 Å². The van der Waals surface area contributed by atoms with Gasteiger partial charge in [-0.05, 0) is 54.8 Å². The van der Waals surface area contributed by atoms with Crippen LogP contribution < -0.4 is 14.2 Å². The molecule has 0 bridgehead atoms. The van der Waals surface area contributed by atoms with Crippen LogP contribution in [0.2, 0.25) is 0 Å². The van der Waals surface area contributed by atoms with Gasteiger partial charge in [-0.2, -0.15) is 0 Å². The van der Waals surface area contributed by atoms with Crippen LogP contribution >= 0.6 is 0 Å². The predicted octanol–water partition coefficient (Wildman–Crippen LogP) is 3.72. The Kier molecular flexibility index (Phi) is 9.27. The molecule has 2 saturated heterocycles. The van der Waals surface area contributed by atoms with Crippen LogP contribution in [-0.2, 0) is 14.3 Å². The first-order valence-corrected chi connectivity index (χ1v) is 13.0. The number of aliphatic hydroxyl groups is 1. The zero-order chi connectivity index (χ0) is 27.9. The average Bonchev–Trinajstić information content (AvgIpc) is 3.21. The third-order valence-corrected chi connectivity index (χ3v) is 7.06. The topological polar surface area (TPSA) is 97.8 Å². The van der Waals surface area contributed by atoms with Crippen LogP contribution in [-0.4, -0.2) is 86.8 Å². The van der Waals surface area contributed by atoms with Crippen LogP contribution in [0.5, 0.6) is 17.2 Å². The molecule has 9 nitrogen and oxygen atoms in total. The van der Waals surface area contributed by atoms with Gasteiger partial charge < -0.3 is 29.0 Å². The number of aryl methyl sites for hydroxylation is 1. The Morgan fingerprint density at radius 1 is 1.08 bits per heavy atom. The van der Waals surface area contributed by atoms with Gasteiger partial charge in [-0.3, -0.25) is 14.5 Å². The molecule has 208 valence electrons. The fourth-order valence-electron chi connectivity index (χ4n) is 5.06. The first-order chi connectivity index (χ1) is 18.9. The SMILES string of the molecule is C=CCOc1ccc(C(O)=C2C(=O)C(=O)N(CCCN3CCOCC3)C2c2ccc(OC)c(OC)c2)c(C)c1. The van der Waals surface area contributed by atoms with Crippen LogP contribution in [0.3, 0.4) is 0 Å². The second kappa shape index (κ2) is 12.8. The van der Waals surface area contributed by atoms with Crippen molar-refractivity contribution < 1.29 is 33.6 Å². The number of benzene rings is 2. The van der Waals surface area contributed by atoms with E-state index in [1.807, 2.05) is 6.92 Å². The molecular formula is C30H36N2O7. The monoisotopic (exact) mass is 536 g/mol. The Bertz CT molecular complexity index is 1250. The lowest BCUT2D eigenvalue weighted by Crippen LogP contribution is -2.39. The molecule has 0 saturated carbocycles. The Labute approximate surface area is 229 Å². The third-order valence-electron chi connectivity index (χ3n) is 7.06. The molecule has 1 amide bonds. The number of Topliss-reactive ketones (excluding diaryl/α,β-unsaturated/α-hetero) is 1. The number of morpholine rings is 1. The molecule has 9 heteroatoms. The zero-order valence-electron chi connectivity index (χ0n) is 22.8. The Balaban J connectivity index is 1.73. The van der Waals surface area contributed by atoms with Gasteiger partial charge in [-0.1, -0.05) is 18.7 Å². The molecule has 0 spiro atoms. The summed E-state index contributed by atoms with van der Waals surface area (Å²) in [5.74, 6) is 0.0257. The van der Waals surface area contributed by atoms with E-state index in [0.29, 0.717) is 66.7 Å². The maximum absolute atomic E-state index is 13.4. The summed E-state index contributed by atoms with van der Waals surface area (Å²) in [6, 6.07) is 9.68. The summed E-state index contributed by atoms with van der Waals surface area (Å²) >= 11 is 0. The minimum absolute atomic E-state index is 0.0430. The van der Waals surface area contributed by atoms with Crippen molar-refractivity contribution in [3.05, 3.63) is 71.3 Å². The van der Waals surface area contributed by atoms with Crippen LogP contribution in [0.1, 0.15) is 29.2 Å². The maximum Gasteiger partial charge on any atom is 0.295 e. The van der Waals surface area contributed by atoms with E-state index in [2.05, 4.69) is 11.5 Å². The van der Waals surface area contributed by atoms with Crippen molar-refractivity contribution in [3.8, 4) is 17.2 Å². The largest absolute Gasteiger partial charge is 0.507 e. The number of amides is 1. The molecule has 2 heterocycles. The summed E-state index contributed by atoms with van der Waals surface area (Å²) in [7, 11) is 3.07. The quantitative estimate of drug-likeness (QED) is 0.201. The number of ketones is 1. The second-order valence-electron chi connectivity index (χ2n) is 9.49. The van der Waals surface area contributed by atoms with Gasteiger partial charge >= 0.3 is 0 Å². The third kappa shape index (κ3) is 6.10. The molecule has 0 radical (unpaired) electrons. The number of hydrogen-bond acceptors (Lipinski definition) is 8. The van der Waals surface area contributed by atoms with Crippen molar-refractivity contribution in [2.45, 2.75) is 19.4 Å². The predicted molar refractivity (Wildman–Crippen MR) is 147 cm³/mol. The molecule has 2 aliphatic heterocycles. The van der Waals surface area contributed by atoms with E-state index in [1.165, 1.54) is 7.11 Å². The second-order valence-corrected chi connectivity index (χ2v) is 9.49. The van der Waals surface area contributed by atoms with Crippen molar-refractivity contribution in [2.24, 2.45) is 0 Å². The number of rotatable bonds is 11. The average molecular weight is 537 g/mol. The molecule has 2 aromatic rings. The number of likely N-dealkylation sites (tertiary alicyclic amines) is 1. The van der Waals surface area contributed by atoms with Gasteiger partial charge in [0.05, 0.1) is 39.0 Å². The van der Waals surface area contributed by atoms with E-state index in [0.717, 1.165) is 19.6 Å². The van der Waals surface area contributed by atoms with E-state index in [1.54, 1.807) is 54.5 Å². The number of aliphatic hydroxyl groups excluding tert-OH is 1. The highest BCUT2D eigenvalue weighted by atomic mass is 16.5. The molecule has 39 heavy (non-hydrogen) atoms. The fourth-order valence-corrected chi connectivity index (χ4v) is 5.06. The minimum Gasteiger partial charge on any atom is -0.507 e. The smallest absolute Gasteiger partial charge is 0.295 e. The highest BCUT2D eigenvalue weighted by Gasteiger charge is 2.46. The van der Waals surface area contributed by atoms with Crippen molar-refractivity contribution in [3.63, 3.8) is 0 Å². The summed E-state index contributed by atoms with van der Waals surface area (Å²) in [6.07, 6.45) is 2.32. The lowest BCUT2D eigenvalue weighted by molar-refractivity contribution is -0.140. The Morgan fingerprint density at radius 3 is 2.49 bits per heavy atom. The number of carbonyl (C=O) groups excluding carboxylic acids is 2. The number of methoxy groups -OCH3 is 2. The first-order valence-electron chi connectivity index (χ1n) is 13.0. The normalized spacial score (nSPS) is 19.3. The first kappa shape index (κ1) is 28.2. The van der Waals surface area contributed by atoms with Crippen LogP contribution in [0.15, 0.2) is 54.6 Å². The van der Waals surface area contributed by atoms with Crippen LogP contribution in [0.4, 0.5) is 0 Å². The molecule has 2 aliphatic rings. The van der Waals surface area contributed by atoms with Crippen LogP contribution in [0.25, 0.3) is 5.76 Å². The standard InChI is InChI=1S/C30H36N2O7/c1-5-15-39-22-8-9-23(20(2)18-22)28(33)26-27(21-7-10-24(36-3)25(19-21)37-4)32(30(35)29(26)34)12-6-11-31-13-16-38-17-14-31/h5,7-10,18-19,27,33H,1,6,11-17H2,2-4H3. The molecule has 2 aromatic carbocycles. The molecule has 1 unspecified atom stereocenters. The van der Waals surface area contributed by atoms with E-state index < -0.39 is 17.7 Å². The highest BCUT2D eigenvalue weighted by Crippen LogP contribution is 2.42. The summed E-state index contributed by atoms with van der Waals surface area (Å²) in [5.41, 5.74) is 1.85. The zero-order valence-corrected chi connectivity index (χ0v) is 22.8. The number of hydrogen-bond donors (Lipinski definition) is 1. The lowest BCUT2D eigenvalue weighted by Gasteiger charge is -2.29. The van der Waals surface area contributed by atoms with Crippen molar-refractivity contribution in [2.75, 3.05) is 60.2 Å². The molecule has 2 fully saturated rings. The van der Waals surface area contributed by atoms with Gasteiger partial charge in [0.25, 0.3) is 11.7 Å². The van der Waals surface area contributed by atoms with Gasteiger partial charge in [0, 0.05) is 31.7 Å². The van der Waals surface area contributed by atoms with Crippen molar-refractivity contribution in [1.29, 1.82) is 0 Å². The minimum atomic E-state index is -0.786. The maximum atomic E-state index is 13.4. The molecular weight excluding hydrogens is 500 g/mol. The van der Waals surface area contributed by atoms with Crippen molar-refractivity contribution >= 4 is 17.4 Å². The van der Waals surface area contributed by atoms with Gasteiger partial charge in [-0.15, -0.1) is 0 Å². The van der Waals surface area contributed by atoms with E-state index in [4.69, 9.17) is 18.9 Å². The molecule has 1 atom stereocenters. The van der Waals surface area contributed by atoms with E-state index >= 15 is 0 Å². The fraction of sp³-hybridized carbons (Fsp3) is 0.400. The van der Waals surface area contributed by atoms with Gasteiger partial charge in [-0.25, -0.2) is 0 Å². The lowest BCUT2D eigenvalue weighted by atomic mass is 9.93. The molecule has 1 N–H and O–H groups in total. The summed E-state index contributed by atoms with van der Waals surface area (Å²) in [4.78, 5) is 30.6. The Morgan fingerprint density at radius 2 is 1.82 bits per heavy atom. The van der Waals surface area contributed by atoms with E-state index in [9.17, 15) is 14.7 Å². The van der Waals surface area contributed by atoms with Gasteiger partial charge in [0.15, 0.2) is 11.5 Å². The summed E-state index contributed by atoms with van der Waals surface area (Å²) < 4.78 is 21.9. The summed E-state index contributed by atoms with van der Waals surface area (Å²) in [6.45, 7) is 10.00.